The number of pyridine rings is 1. The van der Waals surface area contributed by atoms with Crippen LogP contribution in [0.2, 0.25) is 0 Å². The predicted octanol–water partition coefficient (Wildman–Crippen LogP) is -0.259. The van der Waals surface area contributed by atoms with E-state index in [1.165, 1.54) is 25.4 Å². The molecule has 3 N–H and O–H groups in total. The van der Waals surface area contributed by atoms with E-state index in [1.807, 2.05) is 0 Å². The van der Waals surface area contributed by atoms with Gasteiger partial charge in [-0.15, -0.1) is 0 Å². The van der Waals surface area contributed by atoms with E-state index >= 15 is 0 Å². The zero-order chi connectivity index (χ0) is 12.9. The number of carbonyl (C=O) groups is 1. The van der Waals surface area contributed by atoms with Crippen molar-refractivity contribution < 1.29 is 18.3 Å². The lowest BCUT2D eigenvalue weighted by molar-refractivity contribution is 0.0690. The quantitative estimate of drug-likeness (QED) is 0.649. The number of carboxylic acid groups (broad SMARTS) is 1. The van der Waals surface area contributed by atoms with Gasteiger partial charge in [0.1, 0.15) is 5.69 Å². The molecule has 0 aliphatic heterocycles. The van der Waals surface area contributed by atoms with Crippen LogP contribution in [0.15, 0.2) is 18.3 Å². The third-order valence-corrected chi connectivity index (χ3v) is 3.36. The second kappa shape index (κ2) is 5.60. The molecule has 7 nitrogen and oxygen atoms in total. The molecule has 94 valence electrons. The lowest BCUT2D eigenvalue weighted by atomic mass is 10.3. The molecule has 0 aliphatic rings. The van der Waals surface area contributed by atoms with Crippen molar-refractivity contribution in [1.29, 1.82) is 0 Å². The standard InChI is InChI=1S/C9H13N3O4S/c1-10-17(15,16)5-4-11-7-2-3-8(9(13)14)12-6-7/h2-3,6,10-11H,4-5H2,1H3,(H,13,14). The molecule has 0 spiro atoms. The zero-order valence-electron chi connectivity index (χ0n) is 9.17. The molecule has 0 bridgehead atoms. The lowest BCUT2D eigenvalue weighted by Crippen LogP contribution is -2.26. The molecule has 0 aromatic carbocycles. The van der Waals surface area contributed by atoms with Gasteiger partial charge in [-0.1, -0.05) is 0 Å². The molecular formula is C9H13N3O4S. The number of sulfonamides is 1. The van der Waals surface area contributed by atoms with E-state index < -0.39 is 16.0 Å². The fourth-order valence-corrected chi connectivity index (χ4v) is 1.63. The summed E-state index contributed by atoms with van der Waals surface area (Å²) in [4.78, 5) is 14.2. The molecule has 1 rings (SSSR count). The summed E-state index contributed by atoms with van der Waals surface area (Å²) in [6, 6.07) is 2.87. The van der Waals surface area contributed by atoms with Crippen LogP contribution in [0.3, 0.4) is 0 Å². The van der Waals surface area contributed by atoms with Gasteiger partial charge in [0.15, 0.2) is 0 Å². The molecule has 0 saturated carbocycles. The molecule has 0 saturated heterocycles. The topological polar surface area (TPSA) is 108 Å². The fourth-order valence-electron chi connectivity index (χ4n) is 1.06. The van der Waals surface area contributed by atoms with Crippen LogP contribution >= 0.6 is 0 Å². The Morgan fingerprint density at radius 1 is 1.47 bits per heavy atom. The number of hydrogen-bond acceptors (Lipinski definition) is 5. The molecule has 17 heavy (non-hydrogen) atoms. The third-order valence-electron chi connectivity index (χ3n) is 1.99. The molecular weight excluding hydrogens is 246 g/mol. The van der Waals surface area contributed by atoms with Crippen LogP contribution in [-0.4, -0.2) is 43.8 Å². The van der Waals surface area contributed by atoms with Crippen LogP contribution in [0, 0.1) is 0 Å². The summed E-state index contributed by atoms with van der Waals surface area (Å²) in [5, 5.41) is 11.4. The largest absolute Gasteiger partial charge is 0.477 e. The summed E-state index contributed by atoms with van der Waals surface area (Å²) in [6.45, 7) is 0.220. The van der Waals surface area contributed by atoms with E-state index in [4.69, 9.17) is 5.11 Å². The Morgan fingerprint density at radius 3 is 2.65 bits per heavy atom. The number of nitrogens with one attached hydrogen (secondary N) is 2. The molecule has 0 radical (unpaired) electrons. The first kappa shape index (κ1) is 13.4. The molecule has 0 aliphatic carbocycles. The van der Waals surface area contributed by atoms with Crippen molar-refractivity contribution in [1.82, 2.24) is 9.71 Å². The first-order valence-corrected chi connectivity index (χ1v) is 6.44. The predicted molar refractivity (Wildman–Crippen MR) is 62.5 cm³/mol. The highest BCUT2D eigenvalue weighted by atomic mass is 32.2. The van der Waals surface area contributed by atoms with Gasteiger partial charge in [-0.2, -0.15) is 0 Å². The summed E-state index contributed by atoms with van der Waals surface area (Å²) in [5.41, 5.74) is 0.514. The van der Waals surface area contributed by atoms with Gasteiger partial charge < -0.3 is 10.4 Å². The van der Waals surface area contributed by atoms with Crippen LogP contribution in [0.4, 0.5) is 5.69 Å². The van der Waals surface area contributed by atoms with Crippen molar-refractivity contribution in [3.05, 3.63) is 24.0 Å². The third kappa shape index (κ3) is 4.37. The second-order valence-corrected chi connectivity index (χ2v) is 5.23. The number of rotatable bonds is 6. The number of hydrogen-bond donors (Lipinski definition) is 3. The molecule has 1 heterocycles. The summed E-state index contributed by atoms with van der Waals surface area (Å²) in [5.74, 6) is -1.17. The van der Waals surface area contributed by atoms with E-state index in [0.717, 1.165) is 0 Å². The maximum absolute atomic E-state index is 11.1. The number of aromatic nitrogens is 1. The van der Waals surface area contributed by atoms with E-state index in [9.17, 15) is 13.2 Å². The summed E-state index contributed by atoms with van der Waals surface area (Å²) >= 11 is 0. The summed E-state index contributed by atoms with van der Waals surface area (Å²) in [6.07, 6.45) is 1.34. The normalized spacial score (nSPS) is 11.1. The molecule has 8 heteroatoms. The Balaban J connectivity index is 2.51. The number of nitrogens with zero attached hydrogens (tertiary/aromatic N) is 1. The van der Waals surface area contributed by atoms with Crippen molar-refractivity contribution >= 4 is 21.7 Å². The van der Waals surface area contributed by atoms with Crippen LogP contribution < -0.4 is 10.0 Å². The SMILES string of the molecule is CNS(=O)(=O)CCNc1ccc(C(=O)O)nc1. The van der Waals surface area contributed by atoms with Crippen LogP contribution in [0.5, 0.6) is 0 Å². The lowest BCUT2D eigenvalue weighted by Gasteiger charge is -2.06. The van der Waals surface area contributed by atoms with Crippen molar-refractivity contribution in [2.45, 2.75) is 0 Å². The molecule has 0 amide bonds. The van der Waals surface area contributed by atoms with Crippen molar-refractivity contribution in [2.24, 2.45) is 0 Å². The van der Waals surface area contributed by atoms with E-state index in [1.54, 1.807) is 0 Å². The van der Waals surface area contributed by atoms with Gasteiger partial charge in [0.25, 0.3) is 0 Å². The van der Waals surface area contributed by atoms with Crippen LogP contribution in [-0.2, 0) is 10.0 Å². The van der Waals surface area contributed by atoms with Gasteiger partial charge in [0, 0.05) is 6.54 Å². The molecule has 0 fully saturated rings. The fraction of sp³-hybridized carbons (Fsp3) is 0.333. The first-order chi connectivity index (χ1) is 7.94. The van der Waals surface area contributed by atoms with Gasteiger partial charge in [-0.3, -0.25) is 0 Å². The average molecular weight is 259 g/mol. The second-order valence-electron chi connectivity index (χ2n) is 3.19. The highest BCUT2D eigenvalue weighted by Gasteiger charge is 2.06. The number of aromatic carboxylic acids is 1. The van der Waals surface area contributed by atoms with Crippen molar-refractivity contribution in [3.63, 3.8) is 0 Å². The van der Waals surface area contributed by atoms with Crippen LogP contribution in [0.1, 0.15) is 10.5 Å². The smallest absolute Gasteiger partial charge is 0.354 e. The highest BCUT2D eigenvalue weighted by molar-refractivity contribution is 7.89. The molecule has 1 aromatic heterocycles. The van der Waals surface area contributed by atoms with E-state index in [2.05, 4.69) is 15.0 Å². The van der Waals surface area contributed by atoms with Crippen molar-refractivity contribution in [3.8, 4) is 0 Å². The molecule has 0 unspecified atom stereocenters. The summed E-state index contributed by atoms with van der Waals surface area (Å²) < 4.78 is 24.4. The summed E-state index contributed by atoms with van der Waals surface area (Å²) in [7, 11) is -1.89. The van der Waals surface area contributed by atoms with Crippen LogP contribution in [0.25, 0.3) is 0 Å². The number of anilines is 1. The Morgan fingerprint density at radius 2 is 2.18 bits per heavy atom. The minimum absolute atomic E-state index is 0.0570. The minimum atomic E-state index is -3.24. The van der Waals surface area contributed by atoms with E-state index in [0.29, 0.717) is 5.69 Å². The Labute approximate surface area is 98.9 Å². The zero-order valence-corrected chi connectivity index (χ0v) is 9.99. The van der Waals surface area contributed by atoms with Crippen molar-refractivity contribution in [2.75, 3.05) is 24.7 Å². The van der Waals surface area contributed by atoms with Gasteiger partial charge >= 0.3 is 5.97 Å². The molecule has 1 aromatic rings. The Hall–Kier alpha value is -1.67. The van der Waals surface area contributed by atoms with Gasteiger partial charge in [-0.25, -0.2) is 22.9 Å². The van der Waals surface area contributed by atoms with Gasteiger partial charge in [0.2, 0.25) is 10.0 Å². The Kier molecular flexibility index (Phi) is 4.41. The van der Waals surface area contributed by atoms with Gasteiger partial charge in [-0.05, 0) is 19.2 Å². The van der Waals surface area contributed by atoms with E-state index in [-0.39, 0.29) is 18.0 Å². The average Bonchev–Trinajstić information content (AvgIpc) is 2.29. The first-order valence-electron chi connectivity index (χ1n) is 4.79. The highest BCUT2D eigenvalue weighted by Crippen LogP contribution is 2.05. The minimum Gasteiger partial charge on any atom is -0.477 e. The maximum atomic E-state index is 11.1. The molecule has 0 atom stereocenters. The number of carboxylic acids is 1. The van der Waals surface area contributed by atoms with Gasteiger partial charge in [0.05, 0.1) is 17.6 Å². The Bertz CT molecular complexity index is 483. The monoisotopic (exact) mass is 259 g/mol. The maximum Gasteiger partial charge on any atom is 0.354 e.